The van der Waals surface area contributed by atoms with Crippen LogP contribution < -0.4 is 16.0 Å². The summed E-state index contributed by atoms with van der Waals surface area (Å²) in [5, 5.41) is 3.15. The number of fused-ring (bicyclic) bond motifs is 1. The van der Waals surface area contributed by atoms with Crippen molar-refractivity contribution in [2.75, 3.05) is 23.3 Å². The van der Waals surface area contributed by atoms with Crippen molar-refractivity contribution in [3.8, 4) is 0 Å². The summed E-state index contributed by atoms with van der Waals surface area (Å²) in [7, 11) is 0. The molecule has 0 radical (unpaired) electrons. The summed E-state index contributed by atoms with van der Waals surface area (Å²) in [6, 6.07) is 2.76. The number of hydrogen-bond donors (Lipinski definition) is 2. The number of benzene rings is 1. The van der Waals surface area contributed by atoms with Crippen molar-refractivity contribution in [3.05, 3.63) is 47.2 Å². The number of anilines is 2. The number of aliphatic imine (C=N–C) groups is 1. The summed E-state index contributed by atoms with van der Waals surface area (Å²) < 4.78 is 41.1. The quantitative estimate of drug-likeness (QED) is 0.561. The molecule has 1 aromatic carbocycles. The van der Waals surface area contributed by atoms with Crippen LogP contribution in [-0.4, -0.2) is 29.8 Å². The maximum Gasteiger partial charge on any atom is 0.416 e. The van der Waals surface area contributed by atoms with Crippen LogP contribution in [0, 0.1) is 12.8 Å². The molecule has 32 heavy (non-hydrogen) atoms. The Bertz CT molecular complexity index is 982. The zero-order valence-electron chi connectivity index (χ0n) is 18.2. The van der Waals surface area contributed by atoms with Gasteiger partial charge in [-0.3, -0.25) is 4.99 Å². The number of piperidine rings is 1. The molecule has 3 aliphatic rings. The van der Waals surface area contributed by atoms with Crippen LogP contribution >= 0.6 is 12.2 Å². The Hall–Kier alpha value is -2.19. The summed E-state index contributed by atoms with van der Waals surface area (Å²) in [6.45, 7) is 2.98. The minimum Gasteiger partial charge on any atom is -0.369 e. The fourth-order valence-corrected chi connectivity index (χ4v) is 5.38. The topological polar surface area (TPSA) is 53.6 Å². The van der Waals surface area contributed by atoms with Gasteiger partial charge in [0.1, 0.15) is 4.99 Å². The molecule has 3 N–H and O–H groups in total. The molecule has 0 spiro atoms. The second kappa shape index (κ2) is 8.98. The van der Waals surface area contributed by atoms with Crippen molar-refractivity contribution < 1.29 is 13.2 Å². The zero-order chi connectivity index (χ0) is 22.9. The third kappa shape index (κ3) is 4.62. The summed E-state index contributed by atoms with van der Waals surface area (Å²) >= 11 is 5.58. The van der Waals surface area contributed by atoms with Crippen LogP contribution in [0.3, 0.4) is 0 Å². The highest BCUT2D eigenvalue weighted by molar-refractivity contribution is 7.81. The lowest BCUT2D eigenvalue weighted by atomic mass is 9.69. The fourth-order valence-electron chi connectivity index (χ4n) is 5.13. The lowest BCUT2D eigenvalue weighted by molar-refractivity contribution is -0.138. The molecule has 1 aliphatic carbocycles. The second-order valence-electron chi connectivity index (χ2n) is 9.00. The van der Waals surface area contributed by atoms with Gasteiger partial charge in [-0.05, 0) is 55.9 Å². The van der Waals surface area contributed by atoms with Crippen molar-refractivity contribution in [2.24, 2.45) is 16.6 Å². The number of halogens is 3. The predicted molar refractivity (Wildman–Crippen MR) is 128 cm³/mol. The number of hydrogen-bond acceptors (Lipinski definition) is 4. The third-order valence-electron chi connectivity index (χ3n) is 7.02. The lowest BCUT2D eigenvalue weighted by Crippen LogP contribution is -2.58. The average molecular weight is 463 g/mol. The van der Waals surface area contributed by atoms with E-state index in [4.69, 9.17) is 18.0 Å². The van der Waals surface area contributed by atoms with Crippen molar-refractivity contribution in [2.45, 2.75) is 57.2 Å². The fraction of sp³-hybridized carbons (Fsp3) is 0.500. The summed E-state index contributed by atoms with van der Waals surface area (Å²) in [6.07, 6.45) is 8.49. The summed E-state index contributed by atoms with van der Waals surface area (Å²) in [5.74, 6) is 0.344. The first-order valence-corrected chi connectivity index (χ1v) is 11.5. The number of allylic oxidation sites excluding steroid dienone is 1. The van der Waals surface area contributed by atoms with E-state index in [0.717, 1.165) is 56.5 Å². The first kappa shape index (κ1) is 23.0. The van der Waals surface area contributed by atoms with Crippen LogP contribution in [-0.2, 0) is 6.18 Å². The van der Waals surface area contributed by atoms with Crippen molar-refractivity contribution in [1.29, 1.82) is 0 Å². The molecular weight excluding hydrogens is 433 g/mol. The lowest BCUT2D eigenvalue weighted by Gasteiger charge is -2.49. The molecule has 0 amide bonds. The highest BCUT2D eigenvalue weighted by Gasteiger charge is 2.42. The van der Waals surface area contributed by atoms with E-state index < -0.39 is 11.7 Å². The van der Waals surface area contributed by atoms with E-state index in [1.165, 1.54) is 13.0 Å². The minimum atomic E-state index is -4.44. The van der Waals surface area contributed by atoms with Crippen molar-refractivity contribution in [1.82, 2.24) is 0 Å². The number of alkyl halides is 3. The number of rotatable bonds is 3. The van der Waals surface area contributed by atoms with Gasteiger partial charge in [-0.25, -0.2) is 0 Å². The molecule has 0 aromatic heterocycles. The highest BCUT2D eigenvalue weighted by Crippen LogP contribution is 2.44. The van der Waals surface area contributed by atoms with Gasteiger partial charge in [0.25, 0.3) is 0 Å². The van der Waals surface area contributed by atoms with Crippen LogP contribution in [0.4, 0.5) is 24.5 Å². The molecule has 2 fully saturated rings. The second-order valence-corrected chi connectivity index (χ2v) is 9.41. The van der Waals surface area contributed by atoms with Gasteiger partial charge in [-0.1, -0.05) is 31.1 Å². The van der Waals surface area contributed by atoms with E-state index in [9.17, 15) is 13.2 Å². The minimum absolute atomic E-state index is 0.153. The molecule has 4 nitrogen and oxygen atoms in total. The van der Waals surface area contributed by atoms with E-state index >= 15 is 0 Å². The van der Waals surface area contributed by atoms with Crippen LogP contribution in [0.25, 0.3) is 0 Å². The standard InChI is InChI=1S/C24H29F3N4S/c1-16-19(24(25,26)27)7-8-20(21(16)30-22(32)17-5-4-12-29-13-9-17)31-14-11-23(28)10-3-2-6-18(23)15-31/h5,7-9,12-13,18H,2-4,6,10-11,14-15,28H2,1H3,(H,30,32)/t18?,23-/m0/s1. The van der Waals surface area contributed by atoms with Gasteiger partial charge >= 0.3 is 6.18 Å². The van der Waals surface area contributed by atoms with E-state index in [1.807, 2.05) is 6.08 Å². The maximum atomic E-state index is 13.7. The van der Waals surface area contributed by atoms with Crippen molar-refractivity contribution in [3.63, 3.8) is 0 Å². The smallest absolute Gasteiger partial charge is 0.369 e. The molecule has 172 valence electrons. The molecule has 1 saturated heterocycles. The average Bonchev–Trinajstić information content (AvgIpc) is 3.03. The van der Waals surface area contributed by atoms with Gasteiger partial charge in [-0.2, -0.15) is 13.2 Å². The van der Waals surface area contributed by atoms with Crippen LogP contribution in [0.5, 0.6) is 0 Å². The number of thiocarbonyl (C=S) groups is 1. The molecule has 0 bridgehead atoms. The predicted octanol–water partition coefficient (Wildman–Crippen LogP) is 5.77. The zero-order valence-corrected chi connectivity index (χ0v) is 19.0. The number of nitrogens with zero attached hydrogens (tertiary/aromatic N) is 2. The summed E-state index contributed by atoms with van der Waals surface area (Å²) in [5.41, 5.74) is 7.97. The monoisotopic (exact) mass is 462 g/mol. The Morgan fingerprint density at radius 1 is 1.28 bits per heavy atom. The first-order valence-electron chi connectivity index (χ1n) is 11.1. The molecule has 1 unspecified atom stereocenters. The molecule has 1 saturated carbocycles. The molecular formula is C24H29F3N4S. The molecule has 8 heteroatoms. The summed E-state index contributed by atoms with van der Waals surface area (Å²) in [4.78, 5) is 6.66. The van der Waals surface area contributed by atoms with E-state index in [-0.39, 0.29) is 11.1 Å². The largest absolute Gasteiger partial charge is 0.416 e. The maximum absolute atomic E-state index is 13.7. The first-order chi connectivity index (χ1) is 15.2. The molecule has 2 atom stereocenters. The Labute approximate surface area is 192 Å². The van der Waals surface area contributed by atoms with Gasteiger partial charge in [0.2, 0.25) is 0 Å². The SMILES string of the molecule is Cc1c(C(F)(F)F)ccc(N2CC[C@@]3(N)CCCCC3C2)c1NC(=S)C1=CCC=NC=C1. The van der Waals surface area contributed by atoms with Crippen molar-refractivity contribution >= 4 is 34.8 Å². The van der Waals surface area contributed by atoms with E-state index in [1.54, 1.807) is 24.6 Å². The molecule has 1 aromatic rings. The third-order valence-corrected chi connectivity index (χ3v) is 7.36. The van der Waals surface area contributed by atoms with Gasteiger partial charge in [-0.15, -0.1) is 0 Å². The Balaban J connectivity index is 1.68. The van der Waals surface area contributed by atoms with Crippen LogP contribution in [0.2, 0.25) is 0 Å². The van der Waals surface area contributed by atoms with Gasteiger partial charge in [0, 0.05) is 43.0 Å². The highest BCUT2D eigenvalue weighted by atomic mass is 32.1. The van der Waals surface area contributed by atoms with Crippen LogP contribution in [0.1, 0.15) is 49.7 Å². The van der Waals surface area contributed by atoms with Gasteiger partial charge < -0.3 is 16.0 Å². The number of nitrogens with one attached hydrogen (secondary N) is 1. The molecule has 4 rings (SSSR count). The van der Waals surface area contributed by atoms with E-state index in [2.05, 4.69) is 15.2 Å². The Kier molecular flexibility index (Phi) is 6.45. The van der Waals surface area contributed by atoms with Crippen LogP contribution in [0.15, 0.2) is 41.1 Å². The van der Waals surface area contributed by atoms with Gasteiger partial charge in [0.15, 0.2) is 0 Å². The molecule has 2 aliphatic heterocycles. The number of nitrogens with two attached hydrogens (primary N) is 1. The van der Waals surface area contributed by atoms with E-state index in [0.29, 0.717) is 23.0 Å². The Morgan fingerprint density at radius 3 is 2.88 bits per heavy atom. The van der Waals surface area contributed by atoms with Gasteiger partial charge in [0.05, 0.1) is 16.9 Å². The normalized spacial score (nSPS) is 25.7. The Morgan fingerprint density at radius 2 is 2.09 bits per heavy atom. The molecule has 2 heterocycles.